The quantitative estimate of drug-likeness (QED) is 0.248. The molecule has 0 saturated heterocycles. The van der Waals surface area contributed by atoms with E-state index >= 15 is 0 Å². The zero-order valence-corrected chi connectivity index (χ0v) is 17.2. The predicted molar refractivity (Wildman–Crippen MR) is 110 cm³/mol. The fraction of sp³-hybridized carbons (Fsp3) is 0.100. The van der Waals surface area contributed by atoms with Gasteiger partial charge in [-0.3, -0.25) is 9.59 Å². The first-order valence-electron chi connectivity index (χ1n) is 8.73. The largest absolute Gasteiger partial charge is 0.508 e. The minimum absolute atomic E-state index is 0.00955. The van der Waals surface area contributed by atoms with Crippen LogP contribution in [-0.4, -0.2) is 50.2 Å². The highest BCUT2D eigenvalue weighted by Crippen LogP contribution is 2.32. The van der Waals surface area contributed by atoms with Gasteiger partial charge in [0.2, 0.25) is 0 Å². The number of fused-ring (bicyclic) bond motifs is 1. The monoisotopic (exact) mass is 490 g/mol. The lowest BCUT2D eigenvalue weighted by Crippen LogP contribution is -2.42. The molecule has 0 radical (unpaired) electrons. The standard InChI is InChI=1S/C20H15BrN2O8/c21-13-6-14-11(5-16(13)31-20(30)9-1-3-10(24)4-2-9)12(8-22-14)18(27)23-15(19(28)29)7-17(25)26/h1-6,8,15,22,24H,7H2,(H,23,27)(H,25,26)(H,28,29)/t15-/m1/s1. The molecule has 1 heterocycles. The summed E-state index contributed by atoms with van der Waals surface area (Å²) in [6.45, 7) is 0. The van der Waals surface area contributed by atoms with Gasteiger partial charge >= 0.3 is 17.9 Å². The highest BCUT2D eigenvalue weighted by Gasteiger charge is 2.25. The third kappa shape index (κ3) is 5.01. The smallest absolute Gasteiger partial charge is 0.343 e. The molecule has 1 atom stereocenters. The Kier molecular flexibility index (Phi) is 6.25. The molecule has 1 amide bonds. The van der Waals surface area contributed by atoms with Crippen molar-refractivity contribution in [3.63, 3.8) is 0 Å². The Morgan fingerprint density at radius 2 is 1.77 bits per heavy atom. The number of carbonyl (C=O) groups excluding carboxylic acids is 2. The van der Waals surface area contributed by atoms with Gasteiger partial charge in [0.1, 0.15) is 17.5 Å². The van der Waals surface area contributed by atoms with E-state index in [4.69, 9.17) is 14.9 Å². The van der Waals surface area contributed by atoms with Crippen LogP contribution in [0.25, 0.3) is 10.9 Å². The number of carboxylic acid groups (broad SMARTS) is 2. The summed E-state index contributed by atoms with van der Waals surface area (Å²) in [5.74, 6) is -4.28. The number of aromatic nitrogens is 1. The van der Waals surface area contributed by atoms with E-state index in [1.807, 2.05) is 0 Å². The Morgan fingerprint density at radius 1 is 1.10 bits per heavy atom. The Morgan fingerprint density at radius 3 is 2.39 bits per heavy atom. The van der Waals surface area contributed by atoms with Gasteiger partial charge < -0.3 is 30.4 Å². The number of H-pyrrole nitrogens is 1. The van der Waals surface area contributed by atoms with Gasteiger partial charge in [-0.05, 0) is 52.3 Å². The summed E-state index contributed by atoms with van der Waals surface area (Å²) in [6.07, 6.45) is 0.544. The molecule has 0 spiro atoms. The lowest BCUT2D eigenvalue weighted by Gasteiger charge is -2.12. The van der Waals surface area contributed by atoms with Crippen LogP contribution in [0.2, 0.25) is 0 Å². The summed E-state index contributed by atoms with van der Waals surface area (Å²) in [7, 11) is 0. The van der Waals surface area contributed by atoms with Crippen molar-refractivity contribution in [2.45, 2.75) is 12.5 Å². The Bertz CT molecular complexity index is 1190. The number of hydrogen-bond acceptors (Lipinski definition) is 6. The molecule has 0 bridgehead atoms. The van der Waals surface area contributed by atoms with Gasteiger partial charge in [-0.15, -0.1) is 0 Å². The number of aliphatic carboxylic acids is 2. The van der Waals surface area contributed by atoms with Crippen molar-refractivity contribution < 1.29 is 39.2 Å². The SMILES string of the molecule is O=C(O)C[C@@H](NC(=O)c1c[nH]c2cc(Br)c(OC(=O)c3ccc(O)cc3)cc12)C(=O)O. The molecule has 0 aliphatic heterocycles. The molecule has 3 aromatic rings. The van der Waals surface area contributed by atoms with Crippen molar-refractivity contribution in [1.29, 1.82) is 0 Å². The van der Waals surface area contributed by atoms with Crippen molar-refractivity contribution in [3.05, 3.63) is 58.2 Å². The van der Waals surface area contributed by atoms with Gasteiger partial charge in [0.05, 0.1) is 22.0 Å². The first kappa shape index (κ1) is 21.8. The number of nitrogens with one attached hydrogen (secondary N) is 2. The molecule has 0 fully saturated rings. The topological polar surface area (TPSA) is 166 Å². The Labute approximate surface area is 182 Å². The van der Waals surface area contributed by atoms with Crippen LogP contribution in [-0.2, 0) is 9.59 Å². The number of carboxylic acids is 2. The Balaban J connectivity index is 1.88. The second-order valence-corrected chi connectivity index (χ2v) is 7.28. The predicted octanol–water partition coefficient (Wildman–Crippen LogP) is 2.51. The summed E-state index contributed by atoms with van der Waals surface area (Å²) in [5.41, 5.74) is 0.724. The summed E-state index contributed by atoms with van der Waals surface area (Å²) in [5, 5.41) is 29.8. The van der Waals surface area contributed by atoms with Gasteiger partial charge in [-0.1, -0.05) is 0 Å². The molecule has 11 heteroatoms. The van der Waals surface area contributed by atoms with Crippen molar-refractivity contribution in [1.82, 2.24) is 10.3 Å². The van der Waals surface area contributed by atoms with Crippen LogP contribution in [0.4, 0.5) is 0 Å². The third-order valence-electron chi connectivity index (χ3n) is 4.27. The van der Waals surface area contributed by atoms with Crippen molar-refractivity contribution >= 4 is 50.6 Å². The molecular formula is C20H15BrN2O8. The van der Waals surface area contributed by atoms with Crippen LogP contribution in [0.1, 0.15) is 27.1 Å². The summed E-state index contributed by atoms with van der Waals surface area (Å²) in [6, 6.07) is 6.80. The summed E-state index contributed by atoms with van der Waals surface area (Å²) < 4.78 is 5.78. The Hall–Kier alpha value is -3.86. The van der Waals surface area contributed by atoms with E-state index in [2.05, 4.69) is 26.2 Å². The van der Waals surface area contributed by atoms with Crippen LogP contribution in [0.5, 0.6) is 11.5 Å². The van der Waals surface area contributed by atoms with Crippen molar-refractivity contribution in [3.8, 4) is 11.5 Å². The van der Waals surface area contributed by atoms with E-state index in [9.17, 15) is 24.3 Å². The molecule has 0 saturated carbocycles. The number of amides is 1. The maximum Gasteiger partial charge on any atom is 0.343 e. The number of halogens is 1. The van der Waals surface area contributed by atoms with Gasteiger partial charge in [-0.25, -0.2) is 9.59 Å². The molecule has 1 aromatic heterocycles. The third-order valence-corrected chi connectivity index (χ3v) is 4.89. The van der Waals surface area contributed by atoms with Crippen LogP contribution < -0.4 is 10.1 Å². The molecule has 0 unspecified atom stereocenters. The highest BCUT2D eigenvalue weighted by molar-refractivity contribution is 9.10. The fourth-order valence-electron chi connectivity index (χ4n) is 2.76. The lowest BCUT2D eigenvalue weighted by atomic mass is 10.1. The average Bonchev–Trinajstić information content (AvgIpc) is 3.10. The second kappa shape index (κ2) is 8.88. The van der Waals surface area contributed by atoms with Crippen LogP contribution in [0.3, 0.4) is 0 Å². The van der Waals surface area contributed by atoms with Crippen LogP contribution in [0, 0.1) is 0 Å². The number of ether oxygens (including phenoxy) is 1. The van der Waals surface area contributed by atoms with E-state index in [0.29, 0.717) is 15.4 Å². The number of benzene rings is 2. The number of hydrogen-bond donors (Lipinski definition) is 5. The molecule has 3 rings (SSSR count). The van der Waals surface area contributed by atoms with Gasteiger partial charge in [0, 0.05) is 17.1 Å². The molecule has 0 aliphatic carbocycles. The fourth-order valence-corrected chi connectivity index (χ4v) is 3.18. The maximum absolute atomic E-state index is 12.6. The molecular weight excluding hydrogens is 476 g/mol. The zero-order chi connectivity index (χ0) is 22.7. The highest BCUT2D eigenvalue weighted by atomic mass is 79.9. The molecule has 5 N–H and O–H groups in total. The minimum atomic E-state index is -1.61. The van der Waals surface area contributed by atoms with Crippen LogP contribution in [0.15, 0.2) is 47.1 Å². The number of rotatable bonds is 7. The number of carbonyl (C=O) groups is 4. The minimum Gasteiger partial charge on any atom is -0.508 e. The van der Waals surface area contributed by atoms with E-state index in [-0.39, 0.29) is 22.6 Å². The van der Waals surface area contributed by atoms with Crippen molar-refractivity contribution in [2.75, 3.05) is 0 Å². The molecule has 0 aliphatic rings. The zero-order valence-electron chi connectivity index (χ0n) is 15.6. The van der Waals surface area contributed by atoms with Gasteiger partial charge in [-0.2, -0.15) is 0 Å². The molecule has 2 aromatic carbocycles. The maximum atomic E-state index is 12.6. The summed E-state index contributed by atoms with van der Waals surface area (Å²) in [4.78, 5) is 49.8. The van der Waals surface area contributed by atoms with E-state index in [1.54, 1.807) is 6.07 Å². The normalized spacial score (nSPS) is 11.6. The van der Waals surface area contributed by atoms with Gasteiger partial charge in [0.15, 0.2) is 0 Å². The number of aromatic hydroxyl groups is 1. The average molecular weight is 491 g/mol. The van der Waals surface area contributed by atoms with E-state index in [0.717, 1.165) is 0 Å². The number of esters is 1. The number of phenolic OH excluding ortho intramolecular Hbond substituents is 1. The molecule has 10 nitrogen and oxygen atoms in total. The van der Waals surface area contributed by atoms with Crippen LogP contribution >= 0.6 is 15.9 Å². The first-order chi connectivity index (χ1) is 14.7. The van der Waals surface area contributed by atoms with Gasteiger partial charge in [0.25, 0.3) is 5.91 Å². The lowest BCUT2D eigenvalue weighted by molar-refractivity contribution is -0.145. The number of aromatic amines is 1. The molecule has 160 valence electrons. The van der Waals surface area contributed by atoms with Crippen molar-refractivity contribution in [2.24, 2.45) is 0 Å². The summed E-state index contributed by atoms with van der Waals surface area (Å²) >= 11 is 3.28. The second-order valence-electron chi connectivity index (χ2n) is 6.43. The molecule has 31 heavy (non-hydrogen) atoms. The van der Waals surface area contributed by atoms with E-state index in [1.165, 1.54) is 36.5 Å². The van der Waals surface area contributed by atoms with E-state index < -0.39 is 36.3 Å². The first-order valence-corrected chi connectivity index (χ1v) is 9.52. The number of phenols is 1.